The van der Waals surface area contributed by atoms with Gasteiger partial charge in [-0.1, -0.05) is 18.2 Å². The van der Waals surface area contributed by atoms with Crippen molar-refractivity contribution >= 4 is 11.6 Å². The highest BCUT2D eigenvalue weighted by Gasteiger charge is 2.79. The van der Waals surface area contributed by atoms with E-state index in [2.05, 4.69) is 6.07 Å². The van der Waals surface area contributed by atoms with E-state index in [-0.39, 0.29) is 17.2 Å². The van der Waals surface area contributed by atoms with E-state index in [1.54, 1.807) is 6.92 Å². The van der Waals surface area contributed by atoms with E-state index in [1.165, 1.54) is 12.0 Å². The van der Waals surface area contributed by atoms with Crippen LogP contribution in [0.4, 0.5) is 5.69 Å². The molecule has 1 amide bonds. The smallest absolute Gasteiger partial charge is 0.226 e. The second-order valence-electron chi connectivity index (χ2n) is 5.29. The van der Waals surface area contributed by atoms with Gasteiger partial charge in [0.2, 0.25) is 5.91 Å². The molecule has 0 radical (unpaired) electrons. The molecular weight excluding hydrogens is 214 g/mol. The molecule has 4 rings (SSSR count). The van der Waals surface area contributed by atoms with Crippen molar-refractivity contribution in [2.24, 2.45) is 0 Å². The van der Waals surface area contributed by atoms with Crippen LogP contribution in [0.5, 0.6) is 0 Å². The van der Waals surface area contributed by atoms with Crippen molar-refractivity contribution in [1.29, 1.82) is 0 Å². The van der Waals surface area contributed by atoms with Gasteiger partial charge in [0.1, 0.15) is 5.60 Å². The van der Waals surface area contributed by atoms with Gasteiger partial charge >= 0.3 is 0 Å². The minimum Gasteiger partial charge on any atom is -0.335 e. The van der Waals surface area contributed by atoms with Crippen LogP contribution < -0.4 is 4.90 Å². The number of amides is 1. The van der Waals surface area contributed by atoms with Crippen LogP contribution in [0.3, 0.4) is 0 Å². The Labute approximate surface area is 100 Å². The molecule has 0 spiro atoms. The lowest BCUT2D eigenvalue weighted by molar-refractivity contribution is -0.117. The van der Waals surface area contributed by atoms with Crippen LogP contribution in [0.2, 0.25) is 0 Å². The lowest BCUT2D eigenvalue weighted by Crippen LogP contribution is -2.43. The second kappa shape index (κ2) is 2.72. The van der Waals surface area contributed by atoms with Crippen molar-refractivity contribution in [3.05, 3.63) is 29.8 Å². The minimum absolute atomic E-state index is 0.0960. The second-order valence-corrected chi connectivity index (χ2v) is 5.29. The zero-order chi connectivity index (χ0) is 11.7. The van der Waals surface area contributed by atoms with Gasteiger partial charge in [-0.3, -0.25) is 9.69 Å². The summed E-state index contributed by atoms with van der Waals surface area (Å²) < 4.78 is 6.09. The van der Waals surface area contributed by atoms with E-state index >= 15 is 0 Å². The molecule has 2 unspecified atom stereocenters. The predicted octanol–water partition coefficient (Wildman–Crippen LogP) is 2.55. The first kappa shape index (κ1) is 9.66. The molecule has 0 aromatic heterocycles. The third-order valence-corrected chi connectivity index (χ3v) is 4.48. The van der Waals surface area contributed by atoms with Crippen molar-refractivity contribution in [3.63, 3.8) is 0 Å². The summed E-state index contributed by atoms with van der Waals surface area (Å²) in [6.45, 7) is 1.64. The number of nitrogens with zero attached hydrogens (tertiary/aromatic N) is 1. The summed E-state index contributed by atoms with van der Waals surface area (Å²) in [5.41, 5.74) is 1.77. The molecule has 0 N–H and O–H groups in total. The lowest BCUT2D eigenvalue weighted by Gasteiger charge is -2.27. The fourth-order valence-corrected chi connectivity index (χ4v) is 3.87. The van der Waals surface area contributed by atoms with Gasteiger partial charge in [-0.15, -0.1) is 0 Å². The van der Waals surface area contributed by atoms with Crippen LogP contribution in [-0.4, -0.2) is 11.6 Å². The van der Waals surface area contributed by atoms with Gasteiger partial charge in [-0.25, -0.2) is 0 Å². The zero-order valence-corrected chi connectivity index (χ0v) is 9.90. The minimum atomic E-state index is -0.333. The molecule has 2 aliphatic heterocycles. The van der Waals surface area contributed by atoms with Crippen LogP contribution in [0.25, 0.3) is 0 Å². The number of anilines is 1. The van der Waals surface area contributed by atoms with E-state index in [4.69, 9.17) is 4.74 Å². The lowest BCUT2D eigenvalue weighted by atomic mass is 9.82. The van der Waals surface area contributed by atoms with E-state index in [9.17, 15) is 4.79 Å². The maximum Gasteiger partial charge on any atom is 0.226 e. The van der Waals surface area contributed by atoms with E-state index in [0.29, 0.717) is 0 Å². The van der Waals surface area contributed by atoms with Crippen molar-refractivity contribution < 1.29 is 9.53 Å². The number of fused-ring (bicyclic) bond motifs is 1. The maximum absolute atomic E-state index is 11.9. The number of ether oxygens (including phenoxy) is 1. The van der Waals surface area contributed by atoms with Crippen molar-refractivity contribution in [3.8, 4) is 0 Å². The Morgan fingerprint density at radius 1 is 1.29 bits per heavy atom. The molecule has 1 aromatic carbocycles. The first-order valence-corrected chi connectivity index (χ1v) is 6.32. The molecular formula is C14H15NO2. The van der Waals surface area contributed by atoms with Crippen LogP contribution in [0, 0.1) is 0 Å². The molecule has 1 aliphatic carbocycles. The molecule has 88 valence electrons. The Kier molecular flexibility index (Phi) is 1.55. The molecule has 1 aromatic rings. The van der Waals surface area contributed by atoms with Gasteiger partial charge in [0.15, 0.2) is 5.72 Å². The Morgan fingerprint density at radius 3 is 2.88 bits per heavy atom. The predicted molar refractivity (Wildman–Crippen MR) is 63.6 cm³/mol. The summed E-state index contributed by atoms with van der Waals surface area (Å²) in [4.78, 5) is 13.8. The van der Waals surface area contributed by atoms with Crippen molar-refractivity contribution in [1.82, 2.24) is 0 Å². The average molecular weight is 229 g/mol. The molecule has 1 saturated heterocycles. The summed E-state index contributed by atoms with van der Waals surface area (Å²) in [5.74, 6) is 0.0960. The number of carbonyl (C=O) groups excluding carboxylic acids is 1. The number of rotatable bonds is 0. The number of carbonyl (C=O) groups is 1. The Hall–Kier alpha value is -1.35. The Morgan fingerprint density at radius 2 is 2.06 bits per heavy atom. The van der Waals surface area contributed by atoms with E-state index in [1.807, 2.05) is 23.1 Å². The highest BCUT2D eigenvalue weighted by atomic mass is 16.7. The Bertz CT molecular complexity index is 527. The number of hydrogen-bond acceptors (Lipinski definition) is 2. The summed E-state index contributed by atoms with van der Waals surface area (Å²) in [7, 11) is 0. The van der Waals surface area contributed by atoms with Crippen LogP contribution in [-0.2, 0) is 15.1 Å². The van der Waals surface area contributed by atoms with Gasteiger partial charge in [0, 0.05) is 12.5 Å². The first-order chi connectivity index (χ1) is 8.21. The van der Waals surface area contributed by atoms with Crippen LogP contribution >= 0.6 is 0 Å². The number of hydrogen-bond donors (Lipinski definition) is 0. The third kappa shape index (κ3) is 0.879. The molecule has 3 nitrogen and oxygen atoms in total. The first-order valence-electron chi connectivity index (χ1n) is 6.32. The molecule has 2 fully saturated rings. The standard InChI is InChI=1S/C14H15NO2/c1-10(16)15-12-7-3-2-6-11(12)13-8-4-5-9-14(13,15)17-13/h2-3,6-7H,4-5,8-9H2,1H3. The van der Waals surface area contributed by atoms with Gasteiger partial charge < -0.3 is 4.74 Å². The van der Waals surface area contributed by atoms with Crippen molar-refractivity contribution in [2.45, 2.75) is 43.9 Å². The molecule has 3 aliphatic rings. The summed E-state index contributed by atoms with van der Waals surface area (Å²) in [6, 6.07) is 8.20. The van der Waals surface area contributed by atoms with E-state index < -0.39 is 0 Å². The monoisotopic (exact) mass is 229 g/mol. The van der Waals surface area contributed by atoms with Gasteiger partial charge in [-0.05, 0) is 31.7 Å². The molecule has 3 heteroatoms. The fourth-order valence-electron chi connectivity index (χ4n) is 3.87. The maximum atomic E-state index is 11.9. The molecule has 2 atom stereocenters. The highest BCUT2D eigenvalue weighted by molar-refractivity contribution is 5.97. The molecule has 0 bridgehead atoms. The molecule has 1 saturated carbocycles. The summed E-state index contributed by atoms with van der Waals surface area (Å²) in [5, 5.41) is 0. The normalized spacial score (nSPS) is 37.1. The fraction of sp³-hybridized carbons (Fsp3) is 0.500. The van der Waals surface area contributed by atoms with Gasteiger partial charge in [-0.2, -0.15) is 0 Å². The molecule has 2 heterocycles. The van der Waals surface area contributed by atoms with Crippen LogP contribution in [0.15, 0.2) is 24.3 Å². The quantitative estimate of drug-likeness (QED) is 0.640. The van der Waals surface area contributed by atoms with Gasteiger partial charge in [0.05, 0.1) is 5.69 Å². The topological polar surface area (TPSA) is 32.8 Å². The summed E-state index contributed by atoms with van der Waals surface area (Å²) >= 11 is 0. The molecule has 17 heavy (non-hydrogen) atoms. The van der Waals surface area contributed by atoms with Crippen molar-refractivity contribution in [2.75, 3.05) is 4.90 Å². The highest BCUT2D eigenvalue weighted by Crippen LogP contribution is 2.71. The number of para-hydroxylation sites is 1. The largest absolute Gasteiger partial charge is 0.335 e. The van der Waals surface area contributed by atoms with Crippen LogP contribution in [0.1, 0.15) is 38.2 Å². The zero-order valence-electron chi connectivity index (χ0n) is 9.90. The Balaban J connectivity index is 1.96. The summed E-state index contributed by atoms with van der Waals surface area (Å²) in [6.07, 6.45) is 4.37. The number of epoxide rings is 1. The van der Waals surface area contributed by atoms with Gasteiger partial charge in [0.25, 0.3) is 0 Å². The average Bonchev–Trinajstić information content (AvgIpc) is 2.93. The SMILES string of the molecule is CC(=O)N1c2ccccc2C23CCCCC12O3. The number of benzene rings is 1. The van der Waals surface area contributed by atoms with E-state index in [0.717, 1.165) is 24.9 Å². The third-order valence-electron chi connectivity index (χ3n) is 4.48.